The van der Waals surface area contributed by atoms with Crippen molar-refractivity contribution in [2.24, 2.45) is 0 Å². The number of rotatable bonds is 11. The first-order valence-corrected chi connectivity index (χ1v) is 14.8. The van der Waals surface area contributed by atoms with Crippen molar-refractivity contribution in [3.8, 4) is 0 Å². The van der Waals surface area contributed by atoms with E-state index in [0.29, 0.717) is 5.02 Å². The van der Waals surface area contributed by atoms with E-state index in [4.69, 9.17) is 23.2 Å². The van der Waals surface area contributed by atoms with E-state index >= 15 is 0 Å². The molecule has 1 N–H and O–H groups in total. The molecule has 0 aromatic heterocycles. The summed E-state index contributed by atoms with van der Waals surface area (Å²) >= 11 is 12.5. The minimum Gasteiger partial charge on any atom is -0.352 e. The number of carbonyl (C=O) groups excluding carboxylic acids is 2. The van der Waals surface area contributed by atoms with Gasteiger partial charge < -0.3 is 10.2 Å². The maximum Gasteiger partial charge on any atom is 0.264 e. The molecule has 0 aliphatic heterocycles. The second-order valence-electron chi connectivity index (χ2n) is 9.42. The van der Waals surface area contributed by atoms with E-state index in [9.17, 15) is 18.0 Å². The van der Waals surface area contributed by atoms with Gasteiger partial charge in [-0.05, 0) is 63.1 Å². The van der Waals surface area contributed by atoms with Gasteiger partial charge in [-0.3, -0.25) is 13.9 Å². The summed E-state index contributed by atoms with van der Waals surface area (Å²) in [4.78, 5) is 28.4. The summed E-state index contributed by atoms with van der Waals surface area (Å²) in [7, 11) is -4.21. The largest absolute Gasteiger partial charge is 0.352 e. The molecule has 0 fully saturated rings. The first kappa shape index (κ1) is 30.5. The SMILES string of the molecule is CC[C@H](C)NC(=O)[C@@H](C)N(Cc1ccc(C)cc1)C(=O)CN(c1ccc(Cl)cc1Cl)S(=O)(=O)c1ccccc1. The first-order valence-electron chi connectivity index (χ1n) is 12.6. The fraction of sp³-hybridized carbons (Fsp3) is 0.310. The van der Waals surface area contributed by atoms with E-state index in [0.717, 1.165) is 21.9 Å². The number of halogens is 2. The molecule has 3 aromatic rings. The van der Waals surface area contributed by atoms with Gasteiger partial charge in [-0.2, -0.15) is 0 Å². The molecule has 0 radical (unpaired) electrons. The Kier molecular flexibility index (Phi) is 10.4. The topological polar surface area (TPSA) is 86.8 Å². The number of sulfonamides is 1. The van der Waals surface area contributed by atoms with Crippen LogP contribution in [-0.2, 0) is 26.2 Å². The van der Waals surface area contributed by atoms with Gasteiger partial charge >= 0.3 is 0 Å². The van der Waals surface area contributed by atoms with Crippen molar-refractivity contribution in [3.63, 3.8) is 0 Å². The second-order valence-corrected chi connectivity index (χ2v) is 12.1. The Bertz CT molecular complexity index is 1400. The van der Waals surface area contributed by atoms with Crippen molar-refractivity contribution < 1.29 is 18.0 Å². The van der Waals surface area contributed by atoms with E-state index in [1.165, 1.54) is 35.2 Å². The highest BCUT2D eigenvalue weighted by Gasteiger charge is 2.33. The molecule has 0 saturated heterocycles. The zero-order valence-electron chi connectivity index (χ0n) is 22.4. The van der Waals surface area contributed by atoms with Gasteiger partial charge in [-0.15, -0.1) is 0 Å². The normalized spacial score (nSPS) is 12.9. The molecule has 2 amide bonds. The van der Waals surface area contributed by atoms with Crippen molar-refractivity contribution in [1.29, 1.82) is 0 Å². The van der Waals surface area contributed by atoms with Gasteiger partial charge in [0.25, 0.3) is 10.0 Å². The highest BCUT2D eigenvalue weighted by Crippen LogP contribution is 2.33. The van der Waals surface area contributed by atoms with Gasteiger partial charge in [0.1, 0.15) is 12.6 Å². The molecule has 0 heterocycles. The molecule has 3 rings (SSSR count). The van der Waals surface area contributed by atoms with Crippen LogP contribution in [-0.4, -0.2) is 43.8 Å². The van der Waals surface area contributed by atoms with Crippen LogP contribution in [0.5, 0.6) is 0 Å². The lowest BCUT2D eigenvalue weighted by Crippen LogP contribution is -2.52. The van der Waals surface area contributed by atoms with Crippen LogP contribution in [0.1, 0.15) is 38.3 Å². The van der Waals surface area contributed by atoms with Crippen molar-refractivity contribution in [3.05, 3.63) is 94.0 Å². The van der Waals surface area contributed by atoms with Crippen LogP contribution < -0.4 is 9.62 Å². The Hall–Kier alpha value is -3.07. The Morgan fingerprint density at radius 3 is 2.18 bits per heavy atom. The van der Waals surface area contributed by atoms with Crippen LogP contribution in [0, 0.1) is 6.92 Å². The van der Waals surface area contributed by atoms with Crippen molar-refractivity contribution in [1.82, 2.24) is 10.2 Å². The summed E-state index contributed by atoms with van der Waals surface area (Å²) in [5.41, 5.74) is 1.96. The third-order valence-corrected chi connectivity index (χ3v) is 8.74. The van der Waals surface area contributed by atoms with Crippen LogP contribution in [0.25, 0.3) is 0 Å². The lowest BCUT2D eigenvalue weighted by atomic mass is 10.1. The number of nitrogens with one attached hydrogen (secondary N) is 1. The minimum absolute atomic E-state index is 0.00327. The number of benzene rings is 3. The third-order valence-electron chi connectivity index (χ3n) is 6.43. The first-order chi connectivity index (χ1) is 18.4. The summed E-state index contributed by atoms with van der Waals surface area (Å²) in [5.74, 6) is -0.889. The number of amides is 2. The molecule has 0 unspecified atom stereocenters. The Labute approximate surface area is 240 Å². The van der Waals surface area contributed by atoms with Crippen molar-refractivity contribution in [2.75, 3.05) is 10.8 Å². The molecule has 7 nitrogen and oxygen atoms in total. The van der Waals surface area contributed by atoms with E-state index < -0.39 is 28.5 Å². The zero-order chi connectivity index (χ0) is 28.7. The molecule has 0 spiro atoms. The summed E-state index contributed by atoms with van der Waals surface area (Å²) in [6, 6.07) is 18.8. The second kappa shape index (κ2) is 13.3. The number of carbonyl (C=O) groups is 2. The van der Waals surface area contributed by atoms with Gasteiger partial charge in [0.05, 0.1) is 15.6 Å². The predicted molar refractivity (Wildman–Crippen MR) is 157 cm³/mol. The maximum absolute atomic E-state index is 13.9. The average Bonchev–Trinajstić information content (AvgIpc) is 2.91. The minimum atomic E-state index is -4.21. The van der Waals surface area contributed by atoms with Crippen molar-refractivity contribution >= 4 is 50.7 Å². The van der Waals surface area contributed by atoms with E-state index in [2.05, 4.69) is 5.32 Å². The molecule has 3 aromatic carbocycles. The van der Waals surface area contributed by atoms with Crippen LogP contribution >= 0.6 is 23.2 Å². The van der Waals surface area contributed by atoms with Gasteiger partial charge in [0.15, 0.2) is 0 Å². The molecule has 0 aliphatic rings. The number of anilines is 1. The van der Waals surface area contributed by atoms with E-state index in [1.807, 2.05) is 45.0 Å². The fourth-order valence-electron chi connectivity index (χ4n) is 3.85. The molecule has 0 saturated carbocycles. The van der Waals surface area contributed by atoms with Gasteiger partial charge in [-0.25, -0.2) is 8.42 Å². The van der Waals surface area contributed by atoms with E-state index in [1.54, 1.807) is 25.1 Å². The van der Waals surface area contributed by atoms with Crippen LogP contribution in [0.15, 0.2) is 77.7 Å². The van der Waals surface area contributed by atoms with Crippen LogP contribution in [0.3, 0.4) is 0 Å². The standard InChI is InChI=1S/C29H33Cl2N3O4S/c1-5-21(3)32-29(36)22(4)33(18-23-13-11-20(2)12-14-23)28(35)19-34(27-16-15-24(30)17-26(27)31)39(37,38)25-9-7-6-8-10-25/h6-17,21-22H,5,18-19H2,1-4H3,(H,32,36)/t21-,22+/m0/s1. The summed E-state index contributed by atoms with van der Waals surface area (Å²) in [6.45, 7) is 6.96. The summed E-state index contributed by atoms with van der Waals surface area (Å²) < 4.78 is 28.6. The molecule has 0 bridgehead atoms. The predicted octanol–water partition coefficient (Wildman–Crippen LogP) is 5.83. The monoisotopic (exact) mass is 589 g/mol. The number of hydrogen-bond acceptors (Lipinski definition) is 4. The quantitative estimate of drug-likeness (QED) is 0.305. The van der Waals surface area contributed by atoms with Crippen LogP contribution in [0.4, 0.5) is 5.69 Å². The van der Waals surface area contributed by atoms with Crippen LogP contribution in [0.2, 0.25) is 10.0 Å². The maximum atomic E-state index is 13.9. The smallest absolute Gasteiger partial charge is 0.264 e. The van der Waals surface area contributed by atoms with E-state index in [-0.39, 0.29) is 34.1 Å². The zero-order valence-corrected chi connectivity index (χ0v) is 24.7. The molecule has 208 valence electrons. The average molecular weight is 591 g/mol. The highest BCUT2D eigenvalue weighted by atomic mass is 35.5. The summed E-state index contributed by atoms with van der Waals surface area (Å²) in [5, 5.41) is 3.31. The molecular formula is C29H33Cl2N3O4S. The number of hydrogen-bond donors (Lipinski definition) is 1. The van der Waals surface area contributed by atoms with Gasteiger partial charge in [-0.1, -0.05) is 78.2 Å². The number of aryl methyl sites for hydroxylation is 1. The highest BCUT2D eigenvalue weighted by molar-refractivity contribution is 7.92. The molecule has 2 atom stereocenters. The Morgan fingerprint density at radius 1 is 0.949 bits per heavy atom. The molecule has 39 heavy (non-hydrogen) atoms. The molecule has 0 aliphatic carbocycles. The summed E-state index contributed by atoms with van der Waals surface area (Å²) in [6.07, 6.45) is 0.725. The van der Waals surface area contributed by atoms with Gasteiger partial charge in [0, 0.05) is 17.6 Å². The third kappa shape index (κ3) is 7.75. The van der Waals surface area contributed by atoms with Crippen molar-refractivity contribution in [2.45, 2.75) is 57.6 Å². The Balaban J connectivity index is 2.04. The lowest BCUT2D eigenvalue weighted by Gasteiger charge is -2.32. The molecular weight excluding hydrogens is 557 g/mol. The van der Waals surface area contributed by atoms with Gasteiger partial charge in [0.2, 0.25) is 11.8 Å². The number of nitrogens with zero attached hydrogens (tertiary/aromatic N) is 2. The molecule has 10 heteroatoms. The Morgan fingerprint density at radius 2 is 1.59 bits per heavy atom. The fourth-order valence-corrected chi connectivity index (χ4v) is 5.87. The lowest BCUT2D eigenvalue weighted by molar-refractivity contribution is -0.139.